The Morgan fingerprint density at radius 3 is 2.71 bits per heavy atom. The van der Waals surface area contributed by atoms with Crippen LogP contribution in [0.5, 0.6) is 0 Å². The average Bonchev–Trinajstić information content (AvgIpc) is 3.02. The Hall–Kier alpha value is -3.29. The minimum atomic E-state index is -0.449. The standard InChI is InChI=1S/C16H16N6O2/c1-9-7-10(2)19-16(24)13(9)15(23)18-8-12-20-14(22-21-12)11-3-5-17-6-4-11/h3-7H,8H2,1-2H3,(H,18,23)(H,19,24)(H,20,21,22). The largest absolute Gasteiger partial charge is 0.345 e. The molecule has 0 spiro atoms. The van der Waals surface area contributed by atoms with Crippen molar-refractivity contribution in [2.24, 2.45) is 0 Å². The van der Waals surface area contributed by atoms with Gasteiger partial charge in [-0.1, -0.05) is 0 Å². The number of nitrogens with one attached hydrogen (secondary N) is 3. The third-order valence-corrected chi connectivity index (χ3v) is 3.48. The molecule has 8 nitrogen and oxygen atoms in total. The number of nitrogens with zero attached hydrogens (tertiary/aromatic N) is 3. The van der Waals surface area contributed by atoms with Crippen LogP contribution in [0.1, 0.15) is 27.4 Å². The second kappa shape index (κ2) is 6.45. The number of rotatable bonds is 4. The van der Waals surface area contributed by atoms with Gasteiger partial charge in [0.1, 0.15) is 11.4 Å². The fourth-order valence-electron chi connectivity index (χ4n) is 2.39. The van der Waals surface area contributed by atoms with Crippen LogP contribution in [0.3, 0.4) is 0 Å². The molecule has 3 N–H and O–H groups in total. The van der Waals surface area contributed by atoms with Crippen LogP contribution in [-0.2, 0) is 6.54 Å². The van der Waals surface area contributed by atoms with Gasteiger partial charge >= 0.3 is 0 Å². The number of amides is 1. The van der Waals surface area contributed by atoms with Gasteiger partial charge in [-0.3, -0.25) is 19.7 Å². The lowest BCUT2D eigenvalue weighted by Gasteiger charge is -2.06. The van der Waals surface area contributed by atoms with Crippen molar-refractivity contribution in [3.05, 3.63) is 63.6 Å². The van der Waals surface area contributed by atoms with Crippen molar-refractivity contribution in [2.75, 3.05) is 0 Å². The average molecular weight is 324 g/mol. The first-order valence-corrected chi connectivity index (χ1v) is 7.35. The molecular weight excluding hydrogens is 308 g/mol. The van der Waals surface area contributed by atoms with Gasteiger partial charge in [-0.2, -0.15) is 5.10 Å². The molecule has 0 aromatic carbocycles. The molecule has 1 amide bonds. The van der Waals surface area contributed by atoms with Gasteiger partial charge in [-0.25, -0.2) is 4.98 Å². The Labute approximate surface area is 137 Å². The Balaban J connectivity index is 1.72. The Kier molecular flexibility index (Phi) is 4.19. The van der Waals surface area contributed by atoms with Crippen LogP contribution >= 0.6 is 0 Å². The molecule has 0 fully saturated rings. The molecule has 0 radical (unpaired) electrons. The van der Waals surface area contributed by atoms with Crippen molar-refractivity contribution in [1.29, 1.82) is 0 Å². The fraction of sp³-hybridized carbons (Fsp3) is 0.188. The fourth-order valence-corrected chi connectivity index (χ4v) is 2.39. The van der Waals surface area contributed by atoms with Gasteiger partial charge in [0.05, 0.1) is 6.54 Å². The molecule has 0 bridgehead atoms. The maximum Gasteiger partial charge on any atom is 0.261 e. The quantitative estimate of drug-likeness (QED) is 0.664. The van der Waals surface area contributed by atoms with E-state index in [1.165, 1.54) is 0 Å². The molecule has 24 heavy (non-hydrogen) atoms. The summed E-state index contributed by atoms with van der Waals surface area (Å²) in [6.45, 7) is 3.64. The highest BCUT2D eigenvalue weighted by Gasteiger charge is 2.15. The van der Waals surface area contributed by atoms with Crippen LogP contribution in [0.2, 0.25) is 0 Å². The molecule has 0 aliphatic rings. The number of aryl methyl sites for hydroxylation is 2. The van der Waals surface area contributed by atoms with Crippen molar-refractivity contribution >= 4 is 5.91 Å². The summed E-state index contributed by atoms with van der Waals surface area (Å²) in [6, 6.07) is 5.34. The predicted molar refractivity (Wildman–Crippen MR) is 87.3 cm³/mol. The van der Waals surface area contributed by atoms with E-state index in [1.54, 1.807) is 44.4 Å². The lowest BCUT2D eigenvalue weighted by molar-refractivity contribution is 0.0947. The molecule has 3 heterocycles. The van der Waals surface area contributed by atoms with Crippen LogP contribution in [0, 0.1) is 13.8 Å². The number of pyridine rings is 2. The molecule has 0 aliphatic carbocycles. The summed E-state index contributed by atoms with van der Waals surface area (Å²) in [5.41, 5.74) is 1.87. The van der Waals surface area contributed by atoms with E-state index >= 15 is 0 Å². The zero-order valence-electron chi connectivity index (χ0n) is 13.3. The lowest BCUT2D eigenvalue weighted by atomic mass is 10.1. The molecule has 0 saturated heterocycles. The van der Waals surface area contributed by atoms with Gasteiger partial charge in [0.15, 0.2) is 5.82 Å². The van der Waals surface area contributed by atoms with E-state index in [4.69, 9.17) is 0 Å². The number of hydrogen-bond acceptors (Lipinski definition) is 5. The lowest BCUT2D eigenvalue weighted by Crippen LogP contribution is -2.31. The second-order valence-electron chi connectivity index (χ2n) is 5.36. The maximum atomic E-state index is 12.2. The summed E-state index contributed by atoms with van der Waals surface area (Å²) in [4.78, 5) is 35.1. The van der Waals surface area contributed by atoms with Crippen LogP contribution in [0.25, 0.3) is 11.4 Å². The molecule has 0 unspecified atom stereocenters. The SMILES string of the molecule is Cc1cc(C)c(C(=O)NCc2nc(-c3ccncc3)n[nH]2)c(=O)[nH]1. The van der Waals surface area contributed by atoms with Gasteiger partial charge in [-0.05, 0) is 37.6 Å². The van der Waals surface area contributed by atoms with Crippen molar-refractivity contribution in [1.82, 2.24) is 30.5 Å². The van der Waals surface area contributed by atoms with E-state index in [-0.39, 0.29) is 12.1 Å². The highest BCUT2D eigenvalue weighted by atomic mass is 16.2. The molecule has 0 saturated carbocycles. The number of carbonyl (C=O) groups excluding carboxylic acids is 1. The number of aromatic nitrogens is 5. The van der Waals surface area contributed by atoms with E-state index in [9.17, 15) is 9.59 Å². The minimum Gasteiger partial charge on any atom is -0.345 e. The molecule has 0 aliphatic heterocycles. The molecule has 3 aromatic heterocycles. The van der Waals surface area contributed by atoms with Crippen LogP contribution < -0.4 is 10.9 Å². The summed E-state index contributed by atoms with van der Waals surface area (Å²) < 4.78 is 0. The first-order valence-electron chi connectivity index (χ1n) is 7.35. The second-order valence-corrected chi connectivity index (χ2v) is 5.36. The first-order chi connectivity index (χ1) is 11.5. The van der Waals surface area contributed by atoms with E-state index in [1.807, 2.05) is 0 Å². The normalized spacial score (nSPS) is 10.6. The Morgan fingerprint density at radius 1 is 1.25 bits per heavy atom. The van der Waals surface area contributed by atoms with Crippen LogP contribution in [-0.4, -0.2) is 31.1 Å². The Morgan fingerprint density at radius 2 is 2.00 bits per heavy atom. The summed E-state index contributed by atoms with van der Waals surface area (Å²) in [6.07, 6.45) is 3.30. The number of hydrogen-bond donors (Lipinski definition) is 3. The third-order valence-electron chi connectivity index (χ3n) is 3.48. The monoisotopic (exact) mass is 324 g/mol. The molecular formula is C16H16N6O2. The summed E-state index contributed by atoms with van der Waals surface area (Å²) in [7, 11) is 0. The molecule has 3 aromatic rings. The van der Waals surface area contributed by atoms with Crippen molar-refractivity contribution in [3.8, 4) is 11.4 Å². The highest BCUT2D eigenvalue weighted by Crippen LogP contribution is 2.12. The molecule has 8 heteroatoms. The van der Waals surface area contributed by atoms with Crippen molar-refractivity contribution in [2.45, 2.75) is 20.4 Å². The Bertz CT molecular complexity index is 929. The number of aromatic amines is 2. The van der Waals surface area contributed by atoms with Gasteiger partial charge < -0.3 is 10.3 Å². The van der Waals surface area contributed by atoms with Crippen molar-refractivity contribution < 1.29 is 4.79 Å². The van der Waals surface area contributed by atoms with Gasteiger partial charge in [0.2, 0.25) is 0 Å². The predicted octanol–water partition coefficient (Wildman–Crippen LogP) is 1.10. The van der Waals surface area contributed by atoms with E-state index in [0.717, 1.165) is 5.56 Å². The molecule has 0 atom stereocenters. The smallest absolute Gasteiger partial charge is 0.261 e. The topological polar surface area (TPSA) is 116 Å². The maximum absolute atomic E-state index is 12.2. The summed E-state index contributed by atoms with van der Waals surface area (Å²) in [5, 5.41) is 9.54. The molecule has 122 valence electrons. The van der Waals surface area contributed by atoms with Gasteiger partial charge in [0, 0.05) is 23.7 Å². The zero-order chi connectivity index (χ0) is 17.1. The van der Waals surface area contributed by atoms with Crippen LogP contribution in [0.15, 0.2) is 35.4 Å². The van der Waals surface area contributed by atoms with E-state index < -0.39 is 11.5 Å². The van der Waals surface area contributed by atoms with E-state index in [0.29, 0.717) is 22.9 Å². The molecule has 3 rings (SSSR count). The zero-order valence-corrected chi connectivity index (χ0v) is 13.3. The minimum absolute atomic E-state index is 0.106. The third kappa shape index (κ3) is 3.22. The van der Waals surface area contributed by atoms with E-state index in [2.05, 4.69) is 30.5 Å². The number of H-pyrrole nitrogens is 2. The summed E-state index contributed by atoms with van der Waals surface area (Å²) >= 11 is 0. The van der Waals surface area contributed by atoms with Gasteiger partial charge in [0.25, 0.3) is 11.5 Å². The van der Waals surface area contributed by atoms with Crippen molar-refractivity contribution in [3.63, 3.8) is 0 Å². The van der Waals surface area contributed by atoms with Gasteiger partial charge in [-0.15, -0.1) is 0 Å². The summed E-state index contributed by atoms with van der Waals surface area (Å²) in [5.74, 6) is 0.568. The first kappa shape index (κ1) is 15.6. The number of carbonyl (C=O) groups is 1. The highest BCUT2D eigenvalue weighted by molar-refractivity contribution is 5.95. The van der Waals surface area contributed by atoms with Crippen LogP contribution in [0.4, 0.5) is 0 Å².